The first-order valence-electron chi connectivity index (χ1n) is 7.30. The second-order valence-corrected chi connectivity index (χ2v) is 5.17. The summed E-state index contributed by atoms with van der Waals surface area (Å²) in [4.78, 5) is 13.7. The van der Waals surface area contributed by atoms with E-state index >= 15 is 0 Å². The van der Waals surface area contributed by atoms with E-state index in [-0.39, 0.29) is 6.03 Å². The highest BCUT2D eigenvalue weighted by atomic mass is 16.5. The fraction of sp³-hybridized carbons (Fsp3) is 0.571. The Balaban J connectivity index is 1.82. The molecule has 0 spiro atoms. The third kappa shape index (κ3) is 3.63. The summed E-state index contributed by atoms with van der Waals surface area (Å²) in [7, 11) is 1.75. The van der Waals surface area contributed by atoms with Crippen LogP contribution in [0.4, 0.5) is 4.79 Å². The average Bonchev–Trinajstić information content (AvgIpc) is 3.08. The van der Waals surface area contributed by atoms with Crippen molar-refractivity contribution in [1.29, 1.82) is 0 Å². The molecule has 22 heavy (non-hydrogen) atoms. The van der Waals surface area contributed by atoms with Crippen LogP contribution >= 0.6 is 0 Å². The van der Waals surface area contributed by atoms with Gasteiger partial charge in [-0.05, 0) is 20.8 Å². The van der Waals surface area contributed by atoms with E-state index in [1.807, 2.05) is 25.3 Å². The van der Waals surface area contributed by atoms with E-state index in [4.69, 9.17) is 4.52 Å². The van der Waals surface area contributed by atoms with E-state index in [1.54, 1.807) is 18.3 Å². The van der Waals surface area contributed by atoms with Gasteiger partial charge < -0.3 is 19.3 Å². The third-order valence-corrected chi connectivity index (χ3v) is 3.58. The summed E-state index contributed by atoms with van der Waals surface area (Å²) in [5, 5.41) is 14.7. The number of rotatable bonds is 6. The van der Waals surface area contributed by atoms with E-state index in [0.717, 1.165) is 29.4 Å². The van der Waals surface area contributed by atoms with Gasteiger partial charge in [-0.2, -0.15) is 0 Å². The molecule has 8 heteroatoms. The molecule has 0 aliphatic rings. The zero-order valence-electron chi connectivity index (χ0n) is 13.5. The zero-order chi connectivity index (χ0) is 16.1. The van der Waals surface area contributed by atoms with Crippen molar-refractivity contribution in [3.63, 3.8) is 0 Å². The number of carbonyl (C=O) groups excluding carboxylic acids is 1. The van der Waals surface area contributed by atoms with Crippen LogP contribution in [0.15, 0.2) is 10.9 Å². The van der Waals surface area contributed by atoms with Gasteiger partial charge in [0.1, 0.15) is 17.9 Å². The molecule has 0 unspecified atom stereocenters. The third-order valence-electron chi connectivity index (χ3n) is 3.58. The Bertz CT molecular complexity index is 614. The van der Waals surface area contributed by atoms with E-state index < -0.39 is 0 Å². The monoisotopic (exact) mass is 306 g/mol. The second kappa shape index (κ2) is 7.06. The Kier molecular flexibility index (Phi) is 5.13. The fourth-order valence-corrected chi connectivity index (χ4v) is 2.19. The van der Waals surface area contributed by atoms with Crippen molar-refractivity contribution in [2.75, 3.05) is 13.6 Å². The van der Waals surface area contributed by atoms with Crippen LogP contribution in [0.3, 0.4) is 0 Å². The highest BCUT2D eigenvalue weighted by Gasteiger charge is 2.15. The van der Waals surface area contributed by atoms with Crippen molar-refractivity contribution in [2.24, 2.45) is 0 Å². The molecule has 0 saturated heterocycles. The summed E-state index contributed by atoms with van der Waals surface area (Å²) in [6.45, 7) is 7.56. The van der Waals surface area contributed by atoms with Crippen molar-refractivity contribution in [3.8, 4) is 0 Å². The van der Waals surface area contributed by atoms with Gasteiger partial charge >= 0.3 is 6.03 Å². The van der Waals surface area contributed by atoms with E-state index in [2.05, 4.69) is 20.7 Å². The lowest BCUT2D eigenvalue weighted by Crippen LogP contribution is -2.38. The lowest BCUT2D eigenvalue weighted by Gasteiger charge is -2.17. The highest BCUT2D eigenvalue weighted by Crippen LogP contribution is 2.14. The summed E-state index contributed by atoms with van der Waals surface area (Å²) >= 11 is 0. The molecule has 0 fully saturated rings. The van der Waals surface area contributed by atoms with Crippen molar-refractivity contribution in [1.82, 2.24) is 30.1 Å². The number of carbonyl (C=O) groups is 1. The van der Waals surface area contributed by atoms with Gasteiger partial charge in [-0.3, -0.25) is 0 Å². The first-order chi connectivity index (χ1) is 10.5. The minimum atomic E-state index is -0.137. The van der Waals surface area contributed by atoms with Gasteiger partial charge in [-0.25, -0.2) is 4.79 Å². The van der Waals surface area contributed by atoms with Crippen LogP contribution < -0.4 is 5.32 Å². The first kappa shape index (κ1) is 16.0. The van der Waals surface area contributed by atoms with Gasteiger partial charge in [0.25, 0.3) is 0 Å². The normalized spacial score (nSPS) is 10.7. The summed E-state index contributed by atoms with van der Waals surface area (Å²) in [5.41, 5.74) is 1.76. The molecule has 0 aliphatic heterocycles. The van der Waals surface area contributed by atoms with Gasteiger partial charge in [0.2, 0.25) is 0 Å². The number of aryl methyl sites for hydroxylation is 3. The van der Waals surface area contributed by atoms with Crippen LogP contribution in [-0.2, 0) is 19.5 Å². The maximum absolute atomic E-state index is 12.1. The first-order valence-corrected chi connectivity index (χ1v) is 7.30. The minimum absolute atomic E-state index is 0.137. The van der Waals surface area contributed by atoms with Crippen molar-refractivity contribution in [3.05, 3.63) is 29.2 Å². The lowest BCUT2D eigenvalue weighted by molar-refractivity contribution is 0.206. The van der Waals surface area contributed by atoms with Crippen molar-refractivity contribution >= 4 is 6.03 Å². The molecule has 8 nitrogen and oxygen atoms in total. The SMILES string of the molecule is CCn1cnnc1CCNC(=O)N(C)Cc1c(C)noc1C. The molecular weight excluding hydrogens is 284 g/mol. The maximum atomic E-state index is 12.1. The van der Waals surface area contributed by atoms with Crippen LogP contribution in [0.25, 0.3) is 0 Å². The minimum Gasteiger partial charge on any atom is -0.361 e. The number of hydrogen-bond donors (Lipinski definition) is 1. The standard InChI is InChI=1S/C14H22N6O2/c1-5-20-9-16-17-13(20)6-7-15-14(21)19(4)8-12-10(2)18-22-11(12)3/h9H,5-8H2,1-4H3,(H,15,21). The van der Waals surface area contributed by atoms with Crippen molar-refractivity contribution < 1.29 is 9.32 Å². The molecule has 0 radical (unpaired) electrons. The van der Waals surface area contributed by atoms with E-state index in [1.165, 1.54) is 0 Å². The Hall–Kier alpha value is -2.38. The quantitative estimate of drug-likeness (QED) is 0.868. The molecule has 0 saturated carbocycles. The van der Waals surface area contributed by atoms with Gasteiger partial charge in [0, 0.05) is 32.1 Å². The van der Waals surface area contributed by atoms with Crippen LogP contribution in [0.1, 0.15) is 29.8 Å². The van der Waals surface area contributed by atoms with Gasteiger partial charge in [0.15, 0.2) is 0 Å². The van der Waals surface area contributed by atoms with E-state index in [9.17, 15) is 4.79 Å². The summed E-state index contributed by atoms with van der Waals surface area (Å²) in [5.74, 6) is 1.62. The summed E-state index contributed by atoms with van der Waals surface area (Å²) < 4.78 is 7.06. The number of aromatic nitrogens is 4. The molecule has 2 amide bonds. The van der Waals surface area contributed by atoms with Crippen LogP contribution in [0.2, 0.25) is 0 Å². The molecule has 2 aromatic rings. The fourth-order valence-electron chi connectivity index (χ4n) is 2.19. The molecule has 2 rings (SSSR count). The average molecular weight is 306 g/mol. The predicted octanol–water partition coefficient (Wildman–Crippen LogP) is 1.29. The Morgan fingerprint density at radius 2 is 2.23 bits per heavy atom. The van der Waals surface area contributed by atoms with Crippen molar-refractivity contribution in [2.45, 2.75) is 40.3 Å². The molecule has 120 valence electrons. The molecule has 0 bridgehead atoms. The van der Waals surface area contributed by atoms with Crippen LogP contribution in [0.5, 0.6) is 0 Å². The molecule has 2 aromatic heterocycles. The number of hydrogen-bond acceptors (Lipinski definition) is 5. The predicted molar refractivity (Wildman–Crippen MR) is 80.2 cm³/mol. The second-order valence-electron chi connectivity index (χ2n) is 5.17. The van der Waals surface area contributed by atoms with Crippen LogP contribution in [-0.4, -0.2) is 44.4 Å². The molecule has 2 heterocycles. The molecular formula is C14H22N6O2. The molecule has 1 N–H and O–H groups in total. The summed E-state index contributed by atoms with van der Waals surface area (Å²) in [6, 6.07) is -0.137. The van der Waals surface area contributed by atoms with Gasteiger partial charge in [-0.15, -0.1) is 10.2 Å². The number of urea groups is 1. The van der Waals surface area contributed by atoms with Crippen LogP contribution in [0, 0.1) is 13.8 Å². The largest absolute Gasteiger partial charge is 0.361 e. The smallest absolute Gasteiger partial charge is 0.317 e. The van der Waals surface area contributed by atoms with Gasteiger partial charge in [-0.1, -0.05) is 5.16 Å². The van der Waals surface area contributed by atoms with Gasteiger partial charge in [0.05, 0.1) is 12.2 Å². The Morgan fingerprint density at radius 3 is 2.86 bits per heavy atom. The number of nitrogens with zero attached hydrogens (tertiary/aromatic N) is 5. The molecule has 0 aromatic carbocycles. The summed E-state index contributed by atoms with van der Waals surface area (Å²) in [6.07, 6.45) is 2.35. The Labute approximate surface area is 129 Å². The number of nitrogens with one attached hydrogen (secondary N) is 1. The zero-order valence-corrected chi connectivity index (χ0v) is 13.5. The number of amides is 2. The lowest BCUT2D eigenvalue weighted by atomic mass is 10.2. The topological polar surface area (TPSA) is 89.1 Å². The molecule has 0 aliphatic carbocycles. The van der Waals surface area contributed by atoms with E-state index in [0.29, 0.717) is 19.5 Å². The molecule has 0 atom stereocenters. The highest BCUT2D eigenvalue weighted by molar-refractivity contribution is 5.73. The maximum Gasteiger partial charge on any atom is 0.317 e. The Morgan fingerprint density at radius 1 is 1.45 bits per heavy atom.